The number of benzene rings is 1. The Bertz CT molecular complexity index is 1030. The van der Waals surface area contributed by atoms with Crippen LogP contribution in [-0.2, 0) is 19.6 Å². The Morgan fingerprint density at radius 1 is 1.06 bits per heavy atom. The van der Waals surface area contributed by atoms with E-state index in [1.807, 2.05) is 0 Å². The molecular weight excluding hydrogens is 441 g/mol. The number of carbonyl (C=O) groups excluding carboxylic acids is 2. The van der Waals surface area contributed by atoms with E-state index in [1.54, 1.807) is 0 Å². The van der Waals surface area contributed by atoms with Crippen LogP contribution < -0.4 is 20.1 Å². The molecule has 0 spiro atoms. The highest BCUT2D eigenvalue weighted by Gasteiger charge is 2.28. The standard InChI is InChI=1S/C18H19F3N4O5S/c1-11(25-31(28,29)15-6-3-13(4-7-15)23-12(2)26)17(27)24-14-5-8-16(22-9-14)30-10-18(19,20)21/h3-9,11,25H,10H2,1-2H3,(H,23,26)(H,24,27)/t11-/m0/s1. The molecule has 0 aliphatic heterocycles. The van der Waals surface area contributed by atoms with E-state index in [4.69, 9.17) is 0 Å². The van der Waals surface area contributed by atoms with E-state index in [9.17, 15) is 31.2 Å². The largest absolute Gasteiger partial charge is 0.468 e. The van der Waals surface area contributed by atoms with Gasteiger partial charge in [0.2, 0.25) is 27.7 Å². The third kappa shape index (κ3) is 7.86. The summed E-state index contributed by atoms with van der Waals surface area (Å²) >= 11 is 0. The molecule has 2 aromatic rings. The number of anilines is 2. The topological polar surface area (TPSA) is 126 Å². The van der Waals surface area contributed by atoms with Crippen molar-refractivity contribution in [1.29, 1.82) is 0 Å². The number of amides is 2. The van der Waals surface area contributed by atoms with Crippen molar-refractivity contribution in [2.75, 3.05) is 17.2 Å². The van der Waals surface area contributed by atoms with Crippen LogP contribution in [0, 0.1) is 0 Å². The van der Waals surface area contributed by atoms with Crippen LogP contribution in [0.2, 0.25) is 0 Å². The lowest BCUT2D eigenvalue weighted by Crippen LogP contribution is -2.41. The number of halogens is 3. The second kappa shape index (κ2) is 9.75. The number of alkyl halides is 3. The van der Waals surface area contributed by atoms with Crippen LogP contribution in [0.4, 0.5) is 24.5 Å². The van der Waals surface area contributed by atoms with Gasteiger partial charge in [0.05, 0.1) is 22.8 Å². The normalized spacial score (nSPS) is 12.7. The smallest absolute Gasteiger partial charge is 0.422 e. The zero-order valence-corrected chi connectivity index (χ0v) is 17.2. The summed E-state index contributed by atoms with van der Waals surface area (Å²) in [5.74, 6) is -1.32. The summed E-state index contributed by atoms with van der Waals surface area (Å²) < 4.78 is 67.9. The van der Waals surface area contributed by atoms with Gasteiger partial charge in [-0.25, -0.2) is 13.4 Å². The number of hydrogen-bond donors (Lipinski definition) is 3. The van der Waals surface area contributed by atoms with Crippen molar-refractivity contribution in [3.05, 3.63) is 42.6 Å². The van der Waals surface area contributed by atoms with Crippen LogP contribution in [0.3, 0.4) is 0 Å². The number of nitrogens with zero attached hydrogens (tertiary/aromatic N) is 1. The van der Waals surface area contributed by atoms with Crippen molar-refractivity contribution in [3.63, 3.8) is 0 Å². The lowest BCUT2D eigenvalue weighted by Gasteiger charge is -2.15. The molecule has 0 aliphatic rings. The van der Waals surface area contributed by atoms with Crippen molar-refractivity contribution >= 4 is 33.2 Å². The molecule has 0 saturated heterocycles. The number of nitrogens with one attached hydrogen (secondary N) is 3. The first-order chi connectivity index (χ1) is 14.4. The molecule has 31 heavy (non-hydrogen) atoms. The molecule has 0 saturated carbocycles. The molecule has 1 heterocycles. The molecule has 0 bridgehead atoms. The minimum atomic E-state index is -4.51. The van der Waals surface area contributed by atoms with Crippen LogP contribution in [0.15, 0.2) is 47.5 Å². The molecule has 13 heteroatoms. The maximum Gasteiger partial charge on any atom is 0.422 e. The monoisotopic (exact) mass is 460 g/mol. The van der Waals surface area contributed by atoms with E-state index in [-0.39, 0.29) is 22.4 Å². The first-order valence-corrected chi connectivity index (χ1v) is 10.2. The molecule has 0 radical (unpaired) electrons. The van der Waals surface area contributed by atoms with E-state index >= 15 is 0 Å². The third-order valence-corrected chi connectivity index (χ3v) is 5.15. The highest BCUT2D eigenvalue weighted by atomic mass is 32.2. The average molecular weight is 460 g/mol. The summed E-state index contributed by atoms with van der Waals surface area (Å²) in [6.07, 6.45) is -3.43. The van der Waals surface area contributed by atoms with Crippen molar-refractivity contribution in [2.45, 2.75) is 31.0 Å². The maximum absolute atomic E-state index is 12.4. The molecule has 2 rings (SSSR count). The van der Waals surface area contributed by atoms with Gasteiger partial charge in [0.15, 0.2) is 6.61 Å². The quantitative estimate of drug-likeness (QED) is 0.555. The Hall–Kier alpha value is -3.19. The van der Waals surface area contributed by atoms with Crippen LogP contribution in [0.5, 0.6) is 5.88 Å². The first kappa shape index (κ1) is 24.1. The molecule has 3 N–H and O–H groups in total. The number of ether oxygens (including phenoxy) is 1. The van der Waals surface area contributed by atoms with E-state index in [2.05, 4.69) is 25.1 Å². The van der Waals surface area contributed by atoms with Crippen LogP contribution in [-0.4, -0.2) is 44.0 Å². The molecule has 1 atom stereocenters. The van der Waals surface area contributed by atoms with Crippen LogP contribution >= 0.6 is 0 Å². The predicted molar refractivity (Wildman–Crippen MR) is 105 cm³/mol. The van der Waals surface area contributed by atoms with E-state index in [1.165, 1.54) is 44.2 Å². The fraction of sp³-hybridized carbons (Fsp3) is 0.278. The fourth-order valence-corrected chi connectivity index (χ4v) is 3.42. The van der Waals surface area contributed by atoms with Gasteiger partial charge >= 0.3 is 6.18 Å². The number of pyridine rings is 1. The lowest BCUT2D eigenvalue weighted by molar-refractivity contribution is -0.154. The highest BCUT2D eigenvalue weighted by molar-refractivity contribution is 7.89. The second-order valence-electron chi connectivity index (χ2n) is 6.33. The minimum Gasteiger partial charge on any atom is -0.468 e. The molecule has 9 nitrogen and oxygen atoms in total. The van der Waals surface area contributed by atoms with Crippen molar-refractivity contribution in [2.24, 2.45) is 0 Å². The molecule has 168 valence electrons. The van der Waals surface area contributed by atoms with E-state index in [0.717, 1.165) is 12.3 Å². The Labute approximate surface area is 176 Å². The summed E-state index contributed by atoms with van der Waals surface area (Å²) in [5.41, 5.74) is 0.544. The van der Waals surface area contributed by atoms with Crippen LogP contribution in [0.25, 0.3) is 0 Å². The Kier molecular flexibility index (Phi) is 7.57. The number of carbonyl (C=O) groups is 2. The fourth-order valence-electron chi connectivity index (χ4n) is 2.22. The van der Waals surface area contributed by atoms with Gasteiger partial charge in [0.25, 0.3) is 0 Å². The summed E-state index contributed by atoms with van der Waals surface area (Å²) in [6, 6.07) is 6.54. The first-order valence-electron chi connectivity index (χ1n) is 8.72. The van der Waals surface area contributed by atoms with Gasteiger partial charge in [0, 0.05) is 18.7 Å². The molecular formula is C18H19F3N4O5S. The number of sulfonamides is 1. The SMILES string of the molecule is CC(=O)Nc1ccc(S(=O)(=O)N[C@@H](C)C(=O)Nc2ccc(OCC(F)(F)F)nc2)cc1. The van der Waals surface area contributed by atoms with Gasteiger partial charge in [-0.2, -0.15) is 17.9 Å². The molecule has 2 amide bonds. The number of rotatable bonds is 8. The average Bonchev–Trinajstić information content (AvgIpc) is 2.66. The van der Waals surface area contributed by atoms with Gasteiger partial charge in [0.1, 0.15) is 0 Å². The predicted octanol–water partition coefficient (Wildman–Crippen LogP) is 2.29. The molecule has 1 aromatic heterocycles. The molecule has 0 fully saturated rings. The Morgan fingerprint density at radius 3 is 2.19 bits per heavy atom. The van der Waals surface area contributed by atoms with Gasteiger partial charge in [-0.15, -0.1) is 0 Å². The summed E-state index contributed by atoms with van der Waals surface area (Å²) in [7, 11) is -4.04. The Balaban J connectivity index is 1.96. The van der Waals surface area contributed by atoms with E-state index < -0.39 is 34.8 Å². The second-order valence-corrected chi connectivity index (χ2v) is 8.04. The van der Waals surface area contributed by atoms with Gasteiger partial charge < -0.3 is 15.4 Å². The summed E-state index contributed by atoms with van der Waals surface area (Å²) in [4.78, 5) is 26.8. The zero-order valence-electron chi connectivity index (χ0n) is 16.4. The maximum atomic E-state index is 12.4. The Morgan fingerprint density at radius 2 is 1.68 bits per heavy atom. The van der Waals surface area contributed by atoms with Crippen molar-refractivity contribution < 1.29 is 35.9 Å². The van der Waals surface area contributed by atoms with Gasteiger partial charge in [-0.1, -0.05) is 0 Å². The van der Waals surface area contributed by atoms with E-state index in [0.29, 0.717) is 5.69 Å². The third-order valence-electron chi connectivity index (χ3n) is 3.60. The number of aromatic nitrogens is 1. The van der Waals surface area contributed by atoms with Crippen molar-refractivity contribution in [1.82, 2.24) is 9.71 Å². The summed E-state index contributed by atoms with van der Waals surface area (Å²) in [6.45, 7) is 1.12. The van der Waals surface area contributed by atoms with Crippen LogP contribution in [0.1, 0.15) is 13.8 Å². The number of hydrogen-bond acceptors (Lipinski definition) is 6. The lowest BCUT2D eigenvalue weighted by atomic mass is 10.3. The zero-order chi connectivity index (χ0) is 23.2. The van der Waals surface area contributed by atoms with Crippen molar-refractivity contribution in [3.8, 4) is 5.88 Å². The van der Waals surface area contributed by atoms with Gasteiger partial charge in [-0.3, -0.25) is 9.59 Å². The minimum absolute atomic E-state index is 0.117. The molecule has 0 aliphatic carbocycles. The highest BCUT2D eigenvalue weighted by Crippen LogP contribution is 2.18. The summed E-state index contributed by atoms with van der Waals surface area (Å²) in [5, 5.41) is 4.89. The van der Waals surface area contributed by atoms with Gasteiger partial charge in [-0.05, 0) is 37.3 Å². The molecule has 0 unspecified atom stereocenters. The molecule has 1 aromatic carbocycles.